The Hall–Kier alpha value is -2.35. The fourth-order valence-electron chi connectivity index (χ4n) is 3.75. The molecule has 1 aliphatic rings. The van der Waals surface area contributed by atoms with Gasteiger partial charge in [0.05, 0.1) is 28.4 Å². The van der Waals surface area contributed by atoms with Gasteiger partial charge in [0.25, 0.3) is 5.91 Å². The molecule has 0 radical (unpaired) electrons. The van der Waals surface area contributed by atoms with Crippen molar-refractivity contribution < 1.29 is 28.0 Å². The van der Waals surface area contributed by atoms with E-state index in [2.05, 4.69) is 0 Å². The lowest BCUT2D eigenvalue weighted by Gasteiger charge is -2.30. The van der Waals surface area contributed by atoms with Gasteiger partial charge in [-0.3, -0.25) is 0 Å². The van der Waals surface area contributed by atoms with E-state index in [0.29, 0.717) is 23.0 Å². The third-order valence-corrected chi connectivity index (χ3v) is 22.6. The van der Waals surface area contributed by atoms with Crippen LogP contribution >= 0.6 is 64.4 Å². The molecule has 1 aliphatic heterocycles. The van der Waals surface area contributed by atoms with Gasteiger partial charge in [-0.25, -0.2) is 0 Å². The lowest BCUT2D eigenvalue weighted by Crippen LogP contribution is -2.01. The Labute approximate surface area is 274 Å². The third kappa shape index (κ3) is 8.46. The summed E-state index contributed by atoms with van der Waals surface area (Å²) in [5.41, 5.74) is -2.99. The van der Waals surface area contributed by atoms with Crippen LogP contribution in [0.1, 0.15) is 0 Å². The Bertz CT molecular complexity index is 1550. The summed E-state index contributed by atoms with van der Waals surface area (Å²) in [6, 6.07) is 29.4. The molecule has 16 heteroatoms. The molecule has 4 aromatic carbocycles. The van der Waals surface area contributed by atoms with Crippen LogP contribution in [-0.2, 0) is 0 Å². The number of benzene rings is 4. The third-order valence-electron chi connectivity index (χ3n) is 5.80. The Balaban J connectivity index is 1.70. The molecule has 0 bridgehead atoms. The molecule has 9 nitrogen and oxygen atoms in total. The zero-order valence-electron chi connectivity index (χ0n) is 23.9. The number of hydrogen-bond donors (Lipinski definition) is 0. The van der Waals surface area contributed by atoms with Gasteiger partial charge in [-0.2, -0.15) is 4.52 Å². The first-order chi connectivity index (χ1) is 21.2. The van der Waals surface area contributed by atoms with Crippen molar-refractivity contribution in [2.24, 2.45) is 13.5 Å². The smallest absolute Gasteiger partial charge is 0.453 e. The van der Waals surface area contributed by atoms with Crippen LogP contribution in [0.5, 0.6) is 34.5 Å². The first-order valence-electron chi connectivity index (χ1n) is 12.8. The Morgan fingerprint density at radius 1 is 0.455 bits per heavy atom. The van der Waals surface area contributed by atoms with Crippen LogP contribution < -0.4 is 28.0 Å². The lowest BCUT2D eigenvalue weighted by molar-refractivity contribution is 0.412. The minimum atomic E-state index is -3.61. The molecule has 4 aromatic rings. The van der Waals surface area contributed by atoms with E-state index in [1.165, 1.54) is 22.8 Å². The van der Waals surface area contributed by atoms with E-state index in [1.54, 1.807) is 77.0 Å². The average molecular weight is 731 g/mol. The number of rotatable bonds is 12. The molecule has 1 heterocycles. The second kappa shape index (κ2) is 14.4. The molecule has 0 aromatic heterocycles. The monoisotopic (exact) mass is 729 g/mol. The van der Waals surface area contributed by atoms with Crippen LogP contribution in [-0.4, -0.2) is 28.4 Å². The van der Waals surface area contributed by atoms with Gasteiger partial charge in [-0.1, -0.05) is 0 Å². The first kappa shape index (κ1) is 33.0. The molecule has 0 amide bonds. The van der Waals surface area contributed by atoms with Crippen molar-refractivity contribution in [3.63, 3.8) is 0 Å². The SMILES string of the molecule is COc1ccc(OP2(Oc3ccc(OC)cc3)=NP(Sc3ccc(OC)cc3)(Sc3ccc(OC)cc3)=NP(Cl)(Cl)=N2)cc1. The Morgan fingerprint density at radius 3 is 1.11 bits per heavy atom. The highest BCUT2D eigenvalue weighted by molar-refractivity contribution is 8.91. The molecule has 0 spiro atoms. The Morgan fingerprint density at radius 2 is 0.773 bits per heavy atom. The van der Waals surface area contributed by atoms with Gasteiger partial charge in [0.1, 0.15) is 34.5 Å². The molecule has 0 fully saturated rings. The summed E-state index contributed by atoms with van der Waals surface area (Å²) in [5.74, 6) is 0.306. The summed E-state index contributed by atoms with van der Waals surface area (Å²) in [7, 11) is 2.82. The number of nitrogens with zero attached hydrogens (tertiary/aromatic N) is 3. The van der Waals surface area contributed by atoms with E-state index >= 15 is 0 Å². The predicted molar refractivity (Wildman–Crippen MR) is 185 cm³/mol. The fraction of sp³-hybridized carbons (Fsp3) is 0.143. The summed E-state index contributed by atoms with van der Waals surface area (Å²) >= 11 is 16.8. The van der Waals surface area contributed by atoms with E-state index < -0.39 is 19.2 Å². The van der Waals surface area contributed by atoms with E-state index in [1.807, 2.05) is 48.5 Å². The number of methoxy groups -OCH3 is 4. The maximum atomic E-state index is 6.97. The molecule has 0 atom stereocenters. The van der Waals surface area contributed by atoms with E-state index in [-0.39, 0.29) is 0 Å². The summed E-state index contributed by atoms with van der Waals surface area (Å²) in [6.45, 7) is 0. The lowest BCUT2D eigenvalue weighted by atomic mass is 10.3. The highest BCUT2D eigenvalue weighted by Crippen LogP contribution is 2.90. The molecular weight excluding hydrogens is 702 g/mol. The van der Waals surface area contributed by atoms with Crippen LogP contribution in [0.3, 0.4) is 0 Å². The molecular formula is C28H28Cl2N3O6P3S2. The van der Waals surface area contributed by atoms with Gasteiger partial charge >= 0.3 is 7.66 Å². The van der Waals surface area contributed by atoms with Crippen LogP contribution in [0.4, 0.5) is 0 Å². The summed E-state index contributed by atoms with van der Waals surface area (Å²) in [6.07, 6.45) is 0. The van der Waals surface area contributed by atoms with Gasteiger partial charge in [-0.05, 0) is 142 Å². The highest BCUT2D eigenvalue weighted by atomic mass is 35.9. The molecule has 0 saturated heterocycles. The zero-order valence-corrected chi connectivity index (χ0v) is 29.8. The molecule has 232 valence electrons. The maximum absolute atomic E-state index is 6.97. The second-order valence-corrected chi connectivity index (χ2v) is 23.7. The number of halogens is 2. The number of ether oxygens (including phenoxy) is 4. The normalized spacial score (nSPS) is 15.9. The van der Waals surface area contributed by atoms with Gasteiger partial charge in [-0.15, -0.1) is 9.03 Å². The van der Waals surface area contributed by atoms with Gasteiger partial charge < -0.3 is 28.0 Å². The zero-order chi connectivity index (χ0) is 31.2. The Kier molecular flexibility index (Phi) is 10.8. The largest absolute Gasteiger partial charge is 0.497 e. The van der Waals surface area contributed by atoms with Crippen molar-refractivity contribution in [3.05, 3.63) is 97.1 Å². The van der Waals surface area contributed by atoms with Crippen molar-refractivity contribution in [1.82, 2.24) is 0 Å². The summed E-state index contributed by atoms with van der Waals surface area (Å²) in [4.78, 5) is 1.77. The van der Waals surface area contributed by atoms with E-state index in [0.717, 1.165) is 21.3 Å². The molecule has 44 heavy (non-hydrogen) atoms. The predicted octanol–water partition coefficient (Wildman–Crippen LogP) is 12.1. The van der Waals surface area contributed by atoms with Crippen LogP contribution in [0.2, 0.25) is 0 Å². The minimum Gasteiger partial charge on any atom is -0.497 e. The standard InChI is InChI=1S/C28H28Cl2N3O6P3S2/c1-34-21-5-9-25(10-6-21)38-41(39-26-11-7-22(35-2)8-12-26)31-40(29,30)32-42(33-41,43-27-17-13-23(36-3)14-18-27)44-28-19-15-24(37-4)16-20-28/h5-20H,1-4H3. The van der Waals surface area contributed by atoms with Crippen LogP contribution in [0.15, 0.2) is 120 Å². The molecule has 0 unspecified atom stereocenters. The average Bonchev–Trinajstić information content (AvgIpc) is 3.01. The summed E-state index contributed by atoms with van der Waals surface area (Å²) in [5, 5.41) is 0. The summed E-state index contributed by atoms with van der Waals surface area (Å²) < 4.78 is 49.5. The van der Waals surface area contributed by atoms with Gasteiger partial charge in [0.2, 0.25) is 5.61 Å². The first-order valence-corrected chi connectivity index (χ1v) is 22.4. The van der Waals surface area contributed by atoms with E-state index in [4.69, 9.17) is 64.0 Å². The molecule has 0 aliphatic carbocycles. The van der Waals surface area contributed by atoms with Gasteiger partial charge in [0.15, 0.2) is 0 Å². The van der Waals surface area contributed by atoms with Gasteiger partial charge in [0, 0.05) is 9.79 Å². The second-order valence-electron chi connectivity index (χ2n) is 8.77. The molecule has 0 saturated carbocycles. The topological polar surface area (TPSA) is 92.5 Å². The van der Waals surface area contributed by atoms with Crippen LogP contribution in [0.25, 0.3) is 0 Å². The van der Waals surface area contributed by atoms with Crippen molar-refractivity contribution in [1.29, 1.82) is 0 Å². The maximum Gasteiger partial charge on any atom is 0.453 e. The quantitative estimate of drug-likeness (QED) is 0.133. The highest BCUT2D eigenvalue weighted by Gasteiger charge is 2.41. The van der Waals surface area contributed by atoms with Crippen molar-refractivity contribution >= 4 is 64.4 Å². The fourth-order valence-corrected chi connectivity index (χ4v) is 25.6. The van der Waals surface area contributed by atoms with Crippen LogP contribution in [0, 0.1) is 0 Å². The molecule has 0 N–H and O–H groups in total. The van der Waals surface area contributed by atoms with E-state index in [9.17, 15) is 0 Å². The number of hydrogen-bond acceptors (Lipinski definition) is 11. The van der Waals surface area contributed by atoms with Crippen molar-refractivity contribution in [3.8, 4) is 34.5 Å². The minimum absolute atomic E-state index is 0.456. The van der Waals surface area contributed by atoms with Crippen molar-refractivity contribution in [2.45, 2.75) is 9.79 Å². The van der Waals surface area contributed by atoms with Crippen molar-refractivity contribution in [2.75, 3.05) is 28.4 Å². The molecule has 5 rings (SSSR count).